The molecule has 0 unspecified atom stereocenters. The monoisotopic (exact) mass is 453 g/mol. The summed E-state index contributed by atoms with van der Waals surface area (Å²) >= 11 is 0. The minimum Gasteiger partial charge on any atom is -0.465 e. The van der Waals surface area contributed by atoms with Crippen LogP contribution in [0.5, 0.6) is 0 Å². The zero-order chi connectivity index (χ0) is 24.4. The van der Waals surface area contributed by atoms with Crippen LogP contribution in [0.1, 0.15) is 36.6 Å². The fourth-order valence-electron chi connectivity index (χ4n) is 3.58. The maximum atomic E-state index is 13.2. The first-order valence-electron chi connectivity index (χ1n) is 10.1. The fraction of sp³-hybridized carbons (Fsp3) is 0.0800. The molecule has 2 N–H and O–H groups in total. The number of nitrogens with zero attached hydrogens (tertiary/aromatic N) is 4. The largest absolute Gasteiger partial charge is 0.465 e. The van der Waals surface area contributed by atoms with Crippen molar-refractivity contribution in [1.29, 1.82) is 5.26 Å². The van der Waals surface area contributed by atoms with Crippen LogP contribution in [-0.4, -0.2) is 41.6 Å². The summed E-state index contributed by atoms with van der Waals surface area (Å²) in [7, 11) is 2.81. The molecule has 168 valence electrons. The van der Waals surface area contributed by atoms with Crippen LogP contribution in [0, 0.1) is 11.3 Å². The normalized spacial score (nSPS) is 10.5. The van der Waals surface area contributed by atoms with Crippen molar-refractivity contribution in [3.05, 3.63) is 89.2 Å². The molecule has 0 spiro atoms. The number of ether oxygens (including phenoxy) is 1. The third-order valence-corrected chi connectivity index (χ3v) is 5.47. The van der Waals surface area contributed by atoms with Crippen molar-refractivity contribution in [2.45, 2.75) is 0 Å². The van der Waals surface area contributed by atoms with Gasteiger partial charge in [0.05, 0.1) is 30.0 Å². The molecule has 0 fully saturated rings. The summed E-state index contributed by atoms with van der Waals surface area (Å²) in [6, 6.07) is 16.6. The SMILES string of the molecule is COC(=O)c1cc(N(C)C(=O)c2ccn3ncc(-c4ccc(C(N)=O)cc4)c3c2)ccc1C#N. The first kappa shape index (κ1) is 22.2. The van der Waals surface area contributed by atoms with Crippen LogP contribution in [0.2, 0.25) is 0 Å². The van der Waals surface area contributed by atoms with Gasteiger partial charge in [-0.3, -0.25) is 9.59 Å². The number of rotatable bonds is 5. The molecule has 2 aromatic heterocycles. The van der Waals surface area contributed by atoms with E-state index >= 15 is 0 Å². The van der Waals surface area contributed by atoms with Crippen molar-refractivity contribution in [1.82, 2.24) is 9.61 Å². The Hall–Kier alpha value is -4.97. The summed E-state index contributed by atoms with van der Waals surface area (Å²) in [6.45, 7) is 0. The lowest BCUT2D eigenvalue weighted by molar-refractivity contribution is 0.0600. The van der Waals surface area contributed by atoms with Gasteiger partial charge in [-0.1, -0.05) is 12.1 Å². The standard InChI is InChI=1S/C25H19N5O4/c1-29(19-8-7-18(13-26)20(12-19)25(33)34-2)24(32)17-9-10-30-22(11-17)21(14-28-30)15-3-5-16(6-4-15)23(27)31/h3-12,14H,1-2H3,(H2,27,31). The first-order valence-corrected chi connectivity index (χ1v) is 10.1. The molecule has 2 heterocycles. The quantitative estimate of drug-likeness (QED) is 0.462. The Morgan fingerprint density at radius 2 is 1.79 bits per heavy atom. The summed E-state index contributed by atoms with van der Waals surface area (Å²) in [5.74, 6) is -1.49. The third-order valence-electron chi connectivity index (χ3n) is 5.47. The lowest BCUT2D eigenvalue weighted by Crippen LogP contribution is -2.26. The van der Waals surface area contributed by atoms with Crippen LogP contribution in [0.15, 0.2) is 67.0 Å². The van der Waals surface area contributed by atoms with Gasteiger partial charge in [0.2, 0.25) is 5.91 Å². The number of benzene rings is 2. The van der Waals surface area contributed by atoms with E-state index in [0.717, 1.165) is 11.1 Å². The number of nitriles is 1. The third kappa shape index (κ3) is 3.96. The number of hydrogen-bond donors (Lipinski definition) is 1. The molecule has 0 atom stereocenters. The van der Waals surface area contributed by atoms with Gasteiger partial charge in [0.1, 0.15) is 6.07 Å². The van der Waals surface area contributed by atoms with Gasteiger partial charge in [-0.05, 0) is 48.0 Å². The topological polar surface area (TPSA) is 131 Å². The average molecular weight is 453 g/mol. The highest BCUT2D eigenvalue weighted by Gasteiger charge is 2.19. The Labute approximate surface area is 194 Å². The van der Waals surface area contributed by atoms with Gasteiger partial charge < -0.3 is 15.4 Å². The Kier molecular flexibility index (Phi) is 5.80. The molecule has 9 heteroatoms. The van der Waals surface area contributed by atoms with E-state index in [1.54, 1.807) is 66.4 Å². The number of primary amides is 1. The molecule has 34 heavy (non-hydrogen) atoms. The maximum absolute atomic E-state index is 13.2. The molecule has 0 bridgehead atoms. The predicted molar refractivity (Wildman–Crippen MR) is 124 cm³/mol. The minimum absolute atomic E-state index is 0.0788. The van der Waals surface area contributed by atoms with Gasteiger partial charge in [0.15, 0.2) is 0 Å². The lowest BCUT2D eigenvalue weighted by Gasteiger charge is -2.18. The molecule has 0 aliphatic heterocycles. The molecule has 0 radical (unpaired) electrons. The van der Waals surface area contributed by atoms with Crippen molar-refractivity contribution in [3.63, 3.8) is 0 Å². The highest BCUT2D eigenvalue weighted by atomic mass is 16.5. The highest BCUT2D eigenvalue weighted by molar-refractivity contribution is 6.07. The predicted octanol–water partition coefficient (Wildman–Crippen LogP) is 3.04. The maximum Gasteiger partial charge on any atom is 0.339 e. The number of aromatic nitrogens is 2. The number of anilines is 1. The molecule has 4 rings (SSSR count). The Morgan fingerprint density at radius 1 is 1.06 bits per heavy atom. The van der Waals surface area contributed by atoms with E-state index in [0.29, 0.717) is 22.3 Å². The molecule has 0 aliphatic carbocycles. The Balaban J connectivity index is 1.69. The van der Waals surface area contributed by atoms with Gasteiger partial charge >= 0.3 is 5.97 Å². The fourth-order valence-corrected chi connectivity index (χ4v) is 3.58. The van der Waals surface area contributed by atoms with Crippen LogP contribution in [0.3, 0.4) is 0 Å². The van der Waals surface area contributed by atoms with Gasteiger partial charge in [-0.2, -0.15) is 10.4 Å². The van der Waals surface area contributed by atoms with E-state index in [1.807, 2.05) is 6.07 Å². The van der Waals surface area contributed by atoms with E-state index in [9.17, 15) is 19.6 Å². The van der Waals surface area contributed by atoms with Gasteiger partial charge in [-0.15, -0.1) is 0 Å². The zero-order valence-electron chi connectivity index (χ0n) is 18.4. The second-order valence-corrected chi connectivity index (χ2v) is 7.44. The molecule has 4 aromatic rings. The molecular formula is C25H19N5O4. The van der Waals surface area contributed by atoms with Crippen molar-refractivity contribution < 1.29 is 19.1 Å². The van der Waals surface area contributed by atoms with E-state index in [2.05, 4.69) is 5.10 Å². The molecule has 2 aromatic carbocycles. The van der Waals surface area contributed by atoms with Crippen LogP contribution >= 0.6 is 0 Å². The van der Waals surface area contributed by atoms with Crippen LogP contribution in [0.25, 0.3) is 16.6 Å². The molecule has 9 nitrogen and oxygen atoms in total. The van der Waals surface area contributed by atoms with Crippen LogP contribution in [0.4, 0.5) is 5.69 Å². The van der Waals surface area contributed by atoms with E-state index in [-0.39, 0.29) is 17.0 Å². The zero-order valence-corrected chi connectivity index (χ0v) is 18.4. The molecule has 0 aliphatic rings. The van der Waals surface area contributed by atoms with E-state index in [4.69, 9.17) is 10.5 Å². The van der Waals surface area contributed by atoms with Crippen molar-refractivity contribution >= 4 is 29.0 Å². The smallest absolute Gasteiger partial charge is 0.339 e. The van der Waals surface area contributed by atoms with Gasteiger partial charge in [-0.25, -0.2) is 9.31 Å². The second kappa shape index (κ2) is 8.88. The van der Waals surface area contributed by atoms with Gasteiger partial charge in [0, 0.05) is 35.6 Å². The summed E-state index contributed by atoms with van der Waals surface area (Å²) in [6.07, 6.45) is 3.35. The summed E-state index contributed by atoms with van der Waals surface area (Å²) < 4.78 is 6.39. The molecular weight excluding hydrogens is 434 g/mol. The first-order chi connectivity index (χ1) is 16.3. The van der Waals surface area contributed by atoms with Crippen molar-refractivity contribution in [2.75, 3.05) is 19.1 Å². The number of amides is 2. The average Bonchev–Trinajstić information content (AvgIpc) is 3.30. The lowest BCUT2D eigenvalue weighted by atomic mass is 10.0. The second-order valence-electron chi connectivity index (χ2n) is 7.44. The Bertz CT molecular complexity index is 1480. The number of hydrogen-bond acceptors (Lipinski definition) is 6. The number of carbonyl (C=O) groups excluding carboxylic acids is 3. The summed E-state index contributed by atoms with van der Waals surface area (Å²) in [5.41, 5.74) is 9.06. The minimum atomic E-state index is -0.660. The summed E-state index contributed by atoms with van der Waals surface area (Å²) in [5, 5.41) is 13.6. The molecule has 0 saturated carbocycles. The summed E-state index contributed by atoms with van der Waals surface area (Å²) in [4.78, 5) is 38.0. The number of fused-ring (bicyclic) bond motifs is 1. The Morgan fingerprint density at radius 3 is 2.44 bits per heavy atom. The van der Waals surface area contributed by atoms with Crippen molar-refractivity contribution in [2.24, 2.45) is 5.73 Å². The van der Waals surface area contributed by atoms with E-state index < -0.39 is 11.9 Å². The number of esters is 1. The highest BCUT2D eigenvalue weighted by Crippen LogP contribution is 2.27. The number of pyridine rings is 1. The molecule has 2 amide bonds. The molecule has 0 saturated heterocycles. The van der Waals surface area contributed by atoms with Crippen molar-refractivity contribution in [3.8, 4) is 17.2 Å². The van der Waals surface area contributed by atoms with Gasteiger partial charge in [0.25, 0.3) is 5.91 Å². The number of methoxy groups -OCH3 is 1. The van der Waals surface area contributed by atoms with Crippen LogP contribution in [-0.2, 0) is 4.74 Å². The van der Waals surface area contributed by atoms with E-state index in [1.165, 1.54) is 24.1 Å². The van der Waals surface area contributed by atoms with Crippen LogP contribution < -0.4 is 10.6 Å². The number of nitrogens with two attached hydrogens (primary N) is 1. The number of carbonyl (C=O) groups is 3.